The summed E-state index contributed by atoms with van der Waals surface area (Å²) in [5.74, 6) is 0.861. The lowest BCUT2D eigenvalue weighted by atomic mass is 10.1. The van der Waals surface area contributed by atoms with E-state index in [0.29, 0.717) is 25.9 Å². The fraction of sp³-hybridized carbons (Fsp3) is 0.533. The maximum Gasteiger partial charge on any atom is 0.227 e. The number of aliphatic hydroxyl groups is 1. The van der Waals surface area contributed by atoms with E-state index in [1.165, 1.54) is 0 Å². The number of ether oxygens (including phenoxy) is 1. The Labute approximate surface area is 114 Å². The molecule has 19 heavy (non-hydrogen) atoms. The van der Waals surface area contributed by atoms with Crippen LogP contribution in [0, 0.1) is 0 Å². The zero-order valence-corrected chi connectivity index (χ0v) is 11.5. The molecule has 0 saturated carbocycles. The molecule has 1 aromatic rings. The summed E-state index contributed by atoms with van der Waals surface area (Å²) in [6.07, 6.45) is 0.809. The predicted molar refractivity (Wildman–Crippen MR) is 73.1 cm³/mol. The summed E-state index contributed by atoms with van der Waals surface area (Å²) >= 11 is 0. The number of carbonyl (C=O) groups excluding carboxylic acids is 1. The lowest BCUT2D eigenvalue weighted by molar-refractivity contribution is -0.129. The maximum atomic E-state index is 12.1. The molecule has 1 amide bonds. The number of likely N-dealkylation sites (tertiary alicyclic amines) is 1. The Morgan fingerprint density at radius 2 is 2.32 bits per heavy atom. The van der Waals surface area contributed by atoms with Crippen LogP contribution in [0.5, 0.6) is 5.75 Å². The Kier molecular flexibility index (Phi) is 4.43. The molecule has 2 rings (SSSR count). The van der Waals surface area contributed by atoms with Crippen LogP contribution in [0.2, 0.25) is 0 Å². The first-order chi connectivity index (χ1) is 9.04. The van der Waals surface area contributed by atoms with Crippen molar-refractivity contribution in [2.45, 2.75) is 38.9 Å². The molecule has 0 bridgehead atoms. The highest BCUT2D eigenvalue weighted by Gasteiger charge is 2.24. The number of β-amino-alcohol motifs (C(OH)–C–C–N with tert-alkyl or cyclic N) is 1. The highest BCUT2D eigenvalue weighted by atomic mass is 16.5. The van der Waals surface area contributed by atoms with Gasteiger partial charge in [-0.1, -0.05) is 12.1 Å². The smallest absolute Gasteiger partial charge is 0.227 e. The normalized spacial score (nSPS) is 18.9. The molecule has 1 aliphatic heterocycles. The Bertz CT molecular complexity index is 445. The van der Waals surface area contributed by atoms with Crippen LogP contribution < -0.4 is 4.74 Å². The lowest BCUT2D eigenvalue weighted by Crippen LogP contribution is -2.30. The number of hydrogen-bond donors (Lipinski definition) is 1. The quantitative estimate of drug-likeness (QED) is 0.898. The number of amides is 1. The van der Waals surface area contributed by atoms with Crippen LogP contribution >= 0.6 is 0 Å². The van der Waals surface area contributed by atoms with Crippen molar-refractivity contribution >= 4 is 5.91 Å². The predicted octanol–water partition coefficient (Wildman–Crippen LogP) is 1.61. The second-order valence-corrected chi connectivity index (χ2v) is 5.27. The van der Waals surface area contributed by atoms with Crippen molar-refractivity contribution in [3.63, 3.8) is 0 Å². The Balaban J connectivity index is 1.96. The van der Waals surface area contributed by atoms with Crippen LogP contribution in [-0.2, 0) is 11.2 Å². The van der Waals surface area contributed by atoms with Gasteiger partial charge in [0.2, 0.25) is 5.91 Å². The molecule has 4 heteroatoms. The summed E-state index contributed by atoms with van der Waals surface area (Å²) in [7, 11) is 0. The minimum Gasteiger partial charge on any atom is -0.491 e. The zero-order valence-electron chi connectivity index (χ0n) is 11.5. The van der Waals surface area contributed by atoms with Gasteiger partial charge in [-0.25, -0.2) is 0 Å². The minimum atomic E-state index is -0.362. The van der Waals surface area contributed by atoms with E-state index < -0.39 is 0 Å². The fourth-order valence-corrected chi connectivity index (χ4v) is 2.26. The molecule has 1 aliphatic rings. The number of rotatable bonds is 4. The van der Waals surface area contributed by atoms with Crippen molar-refractivity contribution < 1.29 is 14.6 Å². The maximum absolute atomic E-state index is 12.1. The highest BCUT2D eigenvalue weighted by molar-refractivity contribution is 5.79. The summed E-state index contributed by atoms with van der Waals surface area (Å²) in [4.78, 5) is 13.8. The largest absolute Gasteiger partial charge is 0.491 e. The third-order valence-corrected chi connectivity index (χ3v) is 3.14. The topological polar surface area (TPSA) is 49.8 Å². The third kappa shape index (κ3) is 3.96. The number of hydrogen-bond acceptors (Lipinski definition) is 3. The standard InChI is InChI=1S/C15H21NO3/c1-11(2)19-14-5-3-4-12(8-14)9-15(18)16-7-6-13(17)10-16/h3-5,8,11,13,17H,6-7,9-10H2,1-2H3/t13-/m1/s1. The molecule has 0 spiro atoms. The van der Waals surface area contributed by atoms with Gasteiger partial charge in [-0.2, -0.15) is 0 Å². The summed E-state index contributed by atoms with van der Waals surface area (Å²) < 4.78 is 5.61. The summed E-state index contributed by atoms with van der Waals surface area (Å²) in [5.41, 5.74) is 0.949. The fourth-order valence-electron chi connectivity index (χ4n) is 2.26. The molecule has 1 fully saturated rings. The first-order valence-electron chi connectivity index (χ1n) is 6.76. The lowest BCUT2D eigenvalue weighted by Gasteiger charge is -2.16. The van der Waals surface area contributed by atoms with Crippen molar-refractivity contribution in [1.82, 2.24) is 4.90 Å². The SMILES string of the molecule is CC(C)Oc1cccc(CC(=O)N2CC[C@@H](O)C2)c1. The molecule has 0 unspecified atom stereocenters. The monoisotopic (exact) mass is 263 g/mol. The van der Waals surface area contributed by atoms with Gasteiger partial charge in [-0.15, -0.1) is 0 Å². The van der Waals surface area contributed by atoms with Gasteiger partial charge in [0.1, 0.15) is 5.75 Å². The molecule has 1 atom stereocenters. The van der Waals surface area contributed by atoms with Crippen molar-refractivity contribution in [2.75, 3.05) is 13.1 Å². The first-order valence-corrected chi connectivity index (χ1v) is 6.76. The second-order valence-electron chi connectivity index (χ2n) is 5.27. The minimum absolute atomic E-state index is 0.0678. The summed E-state index contributed by atoms with van der Waals surface area (Å²) in [5, 5.41) is 9.44. The molecule has 104 valence electrons. The third-order valence-electron chi connectivity index (χ3n) is 3.14. The average molecular weight is 263 g/mol. The van der Waals surface area contributed by atoms with Crippen molar-refractivity contribution in [3.8, 4) is 5.75 Å². The van der Waals surface area contributed by atoms with E-state index in [1.54, 1.807) is 4.90 Å². The Morgan fingerprint density at radius 3 is 2.95 bits per heavy atom. The highest BCUT2D eigenvalue weighted by Crippen LogP contribution is 2.17. The molecule has 1 saturated heterocycles. The second kappa shape index (κ2) is 6.06. The molecule has 0 aliphatic carbocycles. The van der Waals surface area contributed by atoms with Gasteiger partial charge in [-0.05, 0) is 38.0 Å². The van der Waals surface area contributed by atoms with E-state index in [1.807, 2.05) is 38.1 Å². The van der Waals surface area contributed by atoms with Gasteiger partial charge in [0.25, 0.3) is 0 Å². The van der Waals surface area contributed by atoms with Crippen LogP contribution in [0.3, 0.4) is 0 Å². The van der Waals surface area contributed by atoms with E-state index in [-0.39, 0.29) is 18.1 Å². The first kappa shape index (κ1) is 13.9. The molecule has 0 aromatic heterocycles. The number of aliphatic hydroxyl groups excluding tert-OH is 1. The van der Waals surface area contributed by atoms with Crippen LogP contribution in [0.4, 0.5) is 0 Å². The Hall–Kier alpha value is -1.55. The van der Waals surface area contributed by atoms with Crippen molar-refractivity contribution in [1.29, 1.82) is 0 Å². The van der Waals surface area contributed by atoms with Gasteiger partial charge in [0.05, 0.1) is 18.6 Å². The average Bonchev–Trinajstić information content (AvgIpc) is 2.75. The molecule has 0 radical (unpaired) electrons. The number of carbonyl (C=O) groups is 1. The Morgan fingerprint density at radius 1 is 1.53 bits per heavy atom. The van der Waals surface area contributed by atoms with Crippen LogP contribution in [-0.4, -0.2) is 41.2 Å². The van der Waals surface area contributed by atoms with Crippen molar-refractivity contribution in [3.05, 3.63) is 29.8 Å². The molecule has 4 nitrogen and oxygen atoms in total. The van der Waals surface area contributed by atoms with Gasteiger partial charge >= 0.3 is 0 Å². The zero-order chi connectivity index (χ0) is 13.8. The van der Waals surface area contributed by atoms with Crippen LogP contribution in [0.1, 0.15) is 25.8 Å². The van der Waals surface area contributed by atoms with E-state index in [2.05, 4.69) is 0 Å². The summed E-state index contributed by atoms with van der Waals surface area (Å²) in [6.45, 7) is 5.07. The molecular formula is C15H21NO3. The van der Waals surface area contributed by atoms with Gasteiger partial charge < -0.3 is 14.7 Å². The van der Waals surface area contributed by atoms with Crippen LogP contribution in [0.15, 0.2) is 24.3 Å². The van der Waals surface area contributed by atoms with Gasteiger partial charge in [-0.3, -0.25) is 4.79 Å². The number of benzene rings is 1. The summed E-state index contributed by atoms with van der Waals surface area (Å²) in [6, 6.07) is 7.63. The molecular weight excluding hydrogens is 242 g/mol. The van der Waals surface area contributed by atoms with Gasteiger partial charge in [0, 0.05) is 13.1 Å². The van der Waals surface area contributed by atoms with Crippen molar-refractivity contribution in [2.24, 2.45) is 0 Å². The van der Waals surface area contributed by atoms with Gasteiger partial charge in [0.15, 0.2) is 0 Å². The van der Waals surface area contributed by atoms with E-state index >= 15 is 0 Å². The van der Waals surface area contributed by atoms with Crippen LogP contribution in [0.25, 0.3) is 0 Å². The van der Waals surface area contributed by atoms with E-state index in [0.717, 1.165) is 11.3 Å². The molecule has 1 aromatic carbocycles. The number of nitrogens with zero attached hydrogens (tertiary/aromatic N) is 1. The molecule has 1 N–H and O–H groups in total. The molecule has 1 heterocycles. The van der Waals surface area contributed by atoms with E-state index in [4.69, 9.17) is 4.74 Å². The van der Waals surface area contributed by atoms with E-state index in [9.17, 15) is 9.90 Å².